The molecular weight excluding hydrogens is 321 g/mol. The Morgan fingerprint density at radius 3 is 2.92 bits per heavy atom. The first-order chi connectivity index (χ1) is 12.1. The molecule has 3 heterocycles. The summed E-state index contributed by atoms with van der Waals surface area (Å²) in [6.45, 7) is 4.48. The molecule has 0 bridgehead atoms. The van der Waals surface area contributed by atoms with Crippen LogP contribution in [0.25, 0.3) is 5.82 Å². The highest BCUT2D eigenvalue weighted by molar-refractivity contribution is 5.45. The van der Waals surface area contributed by atoms with Gasteiger partial charge in [-0.2, -0.15) is 5.10 Å². The molecule has 0 aliphatic carbocycles. The fourth-order valence-electron chi connectivity index (χ4n) is 3.08. The molecule has 1 aromatic carbocycles. The number of nitrogens with one attached hydrogen (secondary N) is 1. The van der Waals surface area contributed by atoms with Crippen LogP contribution in [-0.4, -0.2) is 26.4 Å². The Hall–Kier alpha value is -2.96. The standard InChI is InChI=1S/C18H18FN5O/c1-11-7-12(2)24(23-11)18-10-20-9-17(22-18)21-15-5-6-25-16-4-3-13(19)8-14(15)16/h3-4,7-10,15H,5-6H2,1-2H3,(H,21,22). The number of aromatic nitrogens is 4. The summed E-state index contributed by atoms with van der Waals surface area (Å²) in [7, 11) is 0. The predicted octanol–water partition coefficient (Wildman–Crippen LogP) is 3.35. The van der Waals surface area contributed by atoms with Crippen LogP contribution in [-0.2, 0) is 0 Å². The van der Waals surface area contributed by atoms with Gasteiger partial charge in [-0.1, -0.05) is 0 Å². The van der Waals surface area contributed by atoms with Gasteiger partial charge in [0, 0.05) is 17.7 Å². The Kier molecular flexibility index (Phi) is 3.83. The molecule has 1 aliphatic heterocycles. The number of rotatable bonds is 3. The topological polar surface area (TPSA) is 64.9 Å². The highest BCUT2D eigenvalue weighted by Crippen LogP contribution is 2.34. The summed E-state index contributed by atoms with van der Waals surface area (Å²) in [6, 6.07) is 6.48. The van der Waals surface area contributed by atoms with E-state index in [1.165, 1.54) is 12.1 Å². The van der Waals surface area contributed by atoms with Gasteiger partial charge < -0.3 is 10.1 Å². The molecule has 128 valence electrons. The lowest BCUT2D eigenvalue weighted by Gasteiger charge is -2.27. The van der Waals surface area contributed by atoms with Crippen LogP contribution in [0.5, 0.6) is 5.75 Å². The second-order valence-electron chi connectivity index (χ2n) is 6.12. The van der Waals surface area contributed by atoms with Crippen molar-refractivity contribution in [2.24, 2.45) is 0 Å². The van der Waals surface area contributed by atoms with Crippen molar-refractivity contribution in [3.05, 3.63) is 59.4 Å². The van der Waals surface area contributed by atoms with Crippen molar-refractivity contribution >= 4 is 5.82 Å². The number of fused-ring (bicyclic) bond motifs is 1. The Labute approximate surface area is 144 Å². The van der Waals surface area contributed by atoms with E-state index in [0.29, 0.717) is 24.0 Å². The van der Waals surface area contributed by atoms with Gasteiger partial charge in [0.05, 0.1) is 30.7 Å². The van der Waals surface area contributed by atoms with E-state index in [-0.39, 0.29) is 11.9 Å². The fraction of sp³-hybridized carbons (Fsp3) is 0.278. The third kappa shape index (κ3) is 3.05. The minimum absolute atomic E-state index is 0.0792. The summed E-state index contributed by atoms with van der Waals surface area (Å²) in [5, 5.41) is 7.77. The number of aryl methyl sites for hydroxylation is 2. The molecule has 25 heavy (non-hydrogen) atoms. The first kappa shape index (κ1) is 15.6. The van der Waals surface area contributed by atoms with Crippen LogP contribution in [0.1, 0.15) is 29.4 Å². The molecule has 1 aliphatic rings. The third-order valence-corrected chi connectivity index (χ3v) is 4.18. The van der Waals surface area contributed by atoms with Gasteiger partial charge in [0.25, 0.3) is 0 Å². The van der Waals surface area contributed by atoms with Crippen molar-refractivity contribution in [2.75, 3.05) is 11.9 Å². The molecule has 1 unspecified atom stereocenters. The van der Waals surface area contributed by atoms with Gasteiger partial charge in [-0.15, -0.1) is 0 Å². The summed E-state index contributed by atoms with van der Waals surface area (Å²) in [5.41, 5.74) is 2.71. The molecule has 0 saturated carbocycles. The molecule has 1 atom stereocenters. The predicted molar refractivity (Wildman–Crippen MR) is 91.5 cm³/mol. The molecule has 2 aromatic heterocycles. The molecule has 1 N–H and O–H groups in total. The Balaban J connectivity index is 1.64. The van der Waals surface area contributed by atoms with Gasteiger partial charge in [0.15, 0.2) is 5.82 Å². The Morgan fingerprint density at radius 1 is 1.24 bits per heavy atom. The molecule has 0 saturated heterocycles. The van der Waals surface area contributed by atoms with Crippen molar-refractivity contribution in [1.29, 1.82) is 0 Å². The second-order valence-corrected chi connectivity index (χ2v) is 6.12. The van der Waals surface area contributed by atoms with E-state index in [2.05, 4.69) is 20.4 Å². The average Bonchev–Trinajstić information content (AvgIpc) is 2.94. The maximum atomic E-state index is 13.6. The van der Waals surface area contributed by atoms with Crippen LogP contribution in [0.4, 0.5) is 10.2 Å². The number of anilines is 1. The summed E-state index contributed by atoms with van der Waals surface area (Å²) in [6.07, 6.45) is 4.05. The van der Waals surface area contributed by atoms with Crippen molar-refractivity contribution in [2.45, 2.75) is 26.3 Å². The number of ether oxygens (including phenoxy) is 1. The number of hydrogen-bond acceptors (Lipinski definition) is 5. The molecule has 7 heteroatoms. The molecule has 0 spiro atoms. The van der Waals surface area contributed by atoms with Crippen LogP contribution in [0.15, 0.2) is 36.7 Å². The minimum atomic E-state index is -0.279. The summed E-state index contributed by atoms with van der Waals surface area (Å²) < 4.78 is 21.0. The third-order valence-electron chi connectivity index (χ3n) is 4.18. The van der Waals surface area contributed by atoms with E-state index >= 15 is 0 Å². The highest BCUT2D eigenvalue weighted by atomic mass is 19.1. The number of benzene rings is 1. The van der Waals surface area contributed by atoms with Crippen LogP contribution in [0.3, 0.4) is 0 Å². The normalized spacial score (nSPS) is 16.2. The van der Waals surface area contributed by atoms with Gasteiger partial charge in [0.1, 0.15) is 17.4 Å². The second kappa shape index (κ2) is 6.16. The molecule has 0 fully saturated rings. The minimum Gasteiger partial charge on any atom is -0.493 e. The lowest BCUT2D eigenvalue weighted by molar-refractivity contribution is 0.273. The lowest BCUT2D eigenvalue weighted by atomic mass is 10.0. The highest BCUT2D eigenvalue weighted by Gasteiger charge is 2.22. The van der Waals surface area contributed by atoms with E-state index in [4.69, 9.17) is 4.74 Å². The van der Waals surface area contributed by atoms with Gasteiger partial charge in [-0.3, -0.25) is 4.98 Å². The first-order valence-electron chi connectivity index (χ1n) is 8.14. The SMILES string of the molecule is Cc1cc(C)n(-c2cncc(NC3CCOc4ccc(F)cc43)n2)n1. The van der Waals surface area contributed by atoms with E-state index in [9.17, 15) is 4.39 Å². The van der Waals surface area contributed by atoms with Gasteiger partial charge in [-0.25, -0.2) is 14.1 Å². The maximum absolute atomic E-state index is 13.6. The smallest absolute Gasteiger partial charge is 0.174 e. The molecular formula is C18H18FN5O. The zero-order valence-electron chi connectivity index (χ0n) is 14.0. The van der Waals surface area contributed by atoms with E-state index in [1.54, 1.807) is 23.1 Å². The van der Waals surface area contributed by atoms with Crippen LogP contribution < -0.4 is 10.1 Å². The maximum Gasteiger partial charge on any atom is 0.174 e. The summed E-state index contributed by atoms with van der Waals surface area (Å²) >= 11 is 0. The molecule has 0 radical (unpaired) electrons. The van der Waals surface area contributed by atoms with Gasteiger partial charge in [-0.05, 0) is 38.1 Å². The molecule has 6 nitrogen and oxygen atoms in total. The van der Waals surface area contributed by atoms with Gasteiger partial charge in [0.2, 0.25) is 0 Å². The molecule has 3 aromatic rings. The van der Waals surface area contributed by atoms with Crippen LogP contribution in [0, 0.1) is 19.7 Å². The number of nitrogens with zero attached hydrogens (tertiary/aromatic N) is 4. The van der Waals surface area contributed by atoms with Crippen LogP contribution in [0.2, 0.25) is 0 Å². The van der Waals surface area contributed by atoms with Crippen molar-refractivity contribution in [3.63, 3.8) is 0 Å². The summed E-state index contributed by atoms with van der Waals surface area (Å²) in [4.78, 5) is 8.86. The fourth-order valence-corrected chi connectivity index (χ4v) is 3.08. The lowest BCUT2D eigenvalue weighted by Crippen LogP contribution is -2.21. The molecule has 4 rings (SSSR count). The Bertz CT molecular complexity index is 924. The quantitative estimate of drug-likeness (QED) is 0.793. The van der Waals surface area contributed by atoms with Crippen molar-refractivity contribution < 1.29 is 9.13 Å². The number of halogens is 1. The molecule has 0 amide bonds. The Morgan fingerprint density at radius 2 is 2.12 bits per heavy atom. The van der Waals surface area contributed by atoms with Crippen molar-refractivity contribution in [1.82, 2.24) is 19.7 Å². The number of hydrogen-bond donors (Lipinski definition) is 1. The largest absolute Gasteiger partial charge is 0.493 e. The van der Waals surface area contributed by atoms with E-state index in [0.717, 1.165) is 23.4 Å². The zero-order chi connectivity index (χ0) is 17.4. The van der Waals surface area contributed by atoms with E-state index < -0.39 is 0 Å². The van der Waals surface area contributed by atoms with E-state index in [1.807, 2.05) is 19.9 Å². The monoisotopic (exact) mass is 339 g/mol. The first-order valence-corrected chi connectivity index (χ1v) is 8.14. The van der Waals surface area contributed by atoms with Crippen molar-refractivity contribution in [3.8, 4) is 11.6 Å². The zero-order valence-corrected chi connectivity index (χ0v) is 14.0. The average molecular weight is 339 g/mol. The van der Waals surface area contributed by atoms with Gasteiger partial charge >= 0.3 is 0 Å². The van der Waals surface area contributed by atoms with Crippen LogP contribution >= 0.6 is 0 Å². The summed E-state index contributed by atoms with van der Waals surface area (Å²) in [5.74, 6) is 1.68.